The monoisotopic (exact) mass is 298 g/mol. The van der Waals surface area contributed by atoms with Crippen LogP contribution in [0.3, 0.4) is 0 Å². The third kappa shape index (κ3) is 2.80. The quantitative estimate of drug-likeness (QED) is 0.737. The molecule has 0 N–H and O–H groups in total. The minimum Gasteiger partial charge on any atom is -0.423 e. The van der Waals surface area contributed by atoms with Gasteiger partial charge in [-0.2, -0.15) is 25.3 Å². The van der Waals surface area contributed by atoms with Crippen molar-refractivity contribution in [3.05, 3.63) is 53.6 Å². The summed E-state index contributed by atoms with van der Waals surface area (Å²) in [6.45, 7) is 0. The van der Waals surface area contributed by atoms with Crippen LogP contribution in [0.5, 0.6) is 11.8 Å². The molecule has 3 rings (SSSR count). The predicted octanol–water partition coefficient (Wildman–Crippen LogP) is 2.37. The van der Waals surface area contributed by atoms with Gasteiger partial charge in [-0.15, -0.1) is 0 Å². The number of rotatable bonds is 3. The molecular formula is C13H7ClN6O. The van der Waals surface area contributed by atoms with Crippen molar-refractivity contribution < 1.29 is 4.74 Å². The van der Waals surface area contributed by atoms with Crippen LogP contribution < -0.4 is 4.74 Å². The molecule has 0 bridgehead atoms. The zero-order valence-electron chi connectivity index (χ0n) is 10.5. The average molecular weight is 299 g/mol. The number of benzene rings is 1. The third-order valence-electron chi connectivity index (χ3n) is 2.49. The second kappa shape index (κ2) is 5.56. The Morgan fingerprint density at radius 2 is 2.00 bits per heavy atom. The van der Waals surface area contributed by atoms with Crippen LogP contribution in [0.2, 0.25) is 5.28 Å². The Morgan fingerprint density at radius 3 is 2.76 bits per heavy atom. The number of ether oxygens (including phenoxy) is 1. The summed E-state index contributed by atoms with van der Waals surface area (Å²) in [5, 5.41) is 13.0. The van der Waals surface area contributed by atoms with E-state index >= 15 is 0 Å². The molecule has 0 aliphatic carbocycles. The molecule has 0 spiro atoms. The molecule has 2 aromatic heterocycles. The van der Waals surface area contributed by atoms with Gasteiger partial charge in [-0.3, -0.25) is 0 Å². The number of hydrogen-bond donors (Lipinski definition) is 0. The molecule has 0 aliphatic heterocycles. The zero-order chi connectivity index (χ0) is 14.7. The van der Waals surface area contributed by atoms with E-state index in [1.165, 1.54) is 4.68 Å². The summed E-state index contributed by atoms with van der Waals surface area (Å²) in [6.07, 6.45) is 3.25. The molecule has 0 atom stereocenters. The summed E-state index contributed by atoms with van der Waals surface area (Å²) in [4.78, 5) is 12.0. The maximum absolute atomic E-state index is 9.03. The van der Waals surface area contributed by atoms with E-state index in [9.17, 15) is 0 Å². The number of aromatic nitrogens is 5. The molecule has 0 saturated heterocycles. The van der Waals surface area contributed by atoms with Crippen LogP contribution in [-0.4, -0.2) is 24.7 Å². The Hall–Kier alpha value is -2.98. The van der Waals surface area contributed by atoms with Crippen LogP contribution in [0.15, 0.2) is 42.7 Å². The van der Waals surface area contributed by atoms with Crippen LogP contribution in [0.1, 0.15) is 5.56 Å². The van der Waals surface area contributed by atoms with Crippen molar-refractivity contribution in [1.29, 1.82) is 5.26 Å². The molecule has 8 heteroatoms. The molecule has 3 aromatic rings. The lowest BCUT2D eigenvalue weighted by molar-refractivity contribution is 0.436. The van der Waals surface area contributed by atoms with Crippen molar-refractivity contribution in [2.24, 2.45) is 0 Å². The summed E-state index contributed by atoms with van der Waals surface area (Å²) in [7, 11) is 0. The van der Waals surface area contributed by atoms with Crippen LogP contribution in [-0.2, 0) is 0 Å². The normalized spacial score (nSPS) is 10.1. The molecule has 0 fully saturated rings. The van der Waals surface area contributed by atoms with E-state index in [4.69, 9.17) is 21.6 Å². The largest absolute Gasteiger partial charge is 0.423 e. The predicted molar refractivity (Wildman–Crippen MR) is 73.2 cm³/mol. The van der Waals surface area contributed by atoms with Crippen LogP contribution >= 0.6 is 11.6 Å². The lowest BCUT2D eigenvalue weighted by atomic mass is 10.2. The second-order valence-electron chi connectivity index (χ2n) is 3.85. The second-order valence-corrected chi connectivity index (χ2v) is 4.19. The molecule has 2 heterocycles. The Balaban J connectivity index is 1.98. The first kappa shape index (κ1) is 13.0. The van der Waals surface area contributed by atoms with Crippen molar-refractivity contribution in [1.82, 2.24) is 24.7 Å². The first-order valence-electron chi connectivity index (χ1n) is 5.85. The van der Waals surface area contributed by atoms with Gasteiger partial charge in [0.2, 0.25) is 5.28 Å². The van der Waals surface area contributed by atoms with Gasteiger partial charge in [0.25, 0.3) is 5.95 Å². The summed E-state index contributed by atoms with van der Waals surface area (Å²) >= 11 is 5.86. The molecule has 0 aliphatic rings. The smallest absolute Gasteiger partial charge is 0.328 e. The molecule has 0 unspecified atom stereocenters. The Kier molecular flexibility index (Phi) is 3.45. The lowest BCUT2D eigenvalue weighted by Gasteiger charge is -2.06. The Labute approximate surface area is 124 Å². The molecule has 0 saturated carbocycles. The van der Waals surface area contributed by atoms with E-state index in [-0.39, 0.29) is 17.2 Å². The summed E-state index contributed by atoms with van der Waals surface area (Å²) in [5.41, 5.74) is 0.370. The fourth-order valence-corrected chi connectivity index (χ4v) is 1.75. The number of hydrogen-bond acceptors (Lipinski definition) is 6. The summed E-state index contributed by atoms with van der Waals surface area (Å²) < 4.78 is 6.94. The highest BCUT2D eigenvalue weighted by Crippen LogP contribution is 2.23. The van der Waals surface area contributed by atoms with Gasteiger partial charge in [-0.05, 0) is 29.8 Å². The van der Waals surface area contributed by atoms with Gasteiger partial charge in [0, 0.05) is 12.4 Å². The molecule has 102 valence electrons. The van der Waals surface area contributed by atoms with Gasteiger partial charge >= 0.3 is 6.01 Å². The molecule has 1 aromatic carbocycles. The van der Waals surface area contributed by atoms with Crippen molar-refractivity contribution in [3.8, 4) is 23.8 Å². The van der Waals surface area contributed by atoms with E-state index in [0.29, 0.717) is 11.3 Å². The first-order chi connectivity index (χ1) is 10.3. The number of nitriles is 1. The average Bonchev–Trinajstić information content (AvgIpc) is 3.01. The SMILES string of the molecule is N#Cc1ccccc1Oc1nc(Cl)nc(-n2cccn2)n1. The van der Waals surface area contributed by atoms with Crippen molar-refractivity contribution in [3.63, 3.8) is 0 Å². The van der Waals surface area contributed by atoms with Crippen molar-refractivity contribution in [2.75, 3.05) is 0 Å². The van der Waals surface area contributed by atoms with Gasteiger partial charge in [0.1, 0.15) is 11.8 Å². The molecule has 0 amide bonds. The zero-order valence-corrected chi connectivity index (χ0v) is 11.3. The van der Waals surface area contributed by atoms with Crippen LogP contribution in [0.25, 0.3) is 5.95 Å². The fourth-order valence-electron chi connectivity index (χ4n) is 1.60. The topological polar surface area (TPSA) is 89.5 Å². The summed E-state index contributed by atoms with van der Waals surface area (Å²) in [6, 6.07) is 10.5. The lowest BCUT2D eigenvalue weighted by Crippen LogP contribution is -2.05. The Morgan fingerprint density at radius 1 is 1.14 bits per heavy atom. The van der Waals surface area contributed by atoms with Crippen LogP contribution in [0.4, 0.5) is 0 Å². The highest BCUT2D eigenvalue weighted by atomic mass is 35.5. The molecule has 21 heavy (non-hydrogen) atoms. The van der Waals surface area contributed by atoms with E-state index in [1.54, 1.807) is 42.7 Å². The fraction of sp³-hybridized carbons (Fsp3) is 0. The highest BCUT2D eigenvalue weighted by molar-refractivity contribution is 6.28. The highest BCUT2D eigenvalue weighted by Gasteiger charge is 2.11. The number of para-hydroxylation sites is 1. The molecular weight excluding hydrogens is 292 g/mol. The van der Waals surface area contributed by atoms with Gasteiger partial charge in [-0.1, -0.05) is 12.1 Å². The number of halogens is 1. The maximum atomic E-state index is 9.03. The minimum absolute atomic E-state index is 0.0109. The molecule has 0 radical (unpaired) electrons. The summed E-state index contributed by atoms with van der Waals surface area (Å²) in [5.74, 6) is 0.568. The standard InChI is InChI=1S/C13H7ClN6O/c14-11-17-12(20-7-3-6-16-20)19-13(18-11)21-10-5-2-1-4-9(10)8-15/h1-7H. The van der Waals surface area contributed by atoms with Crippen molar-refractivity contribution in [2.45, 2.75) is 0 Å². The van der Waals surface area contributed by atoms with Gasteiger partial charge in [-0.25, -0.2) is 4.68 Å². The van der Waals surface area contributed by atoms with E-state index < -0.39 is 0 Å². The van der Waals surface area contributed by atoms with Gasteiger partial charge < -0.3 is 4.74 Å². The van der Waals surface area contributed by atoms with E-state index in [2.05, 4.69) is 20.1 Å². The van der Waals surface area contributed by atoms with Gasteiger partial charge in [0.15, 0.2) is 0 Å². The van der Waals surface area contributed by atoms with E-state index in [0.717, 1.165) is 0 Å². The molecule has 7 nitrogen and oxygen atoms in total. The number of nitrogens with zero attached hydrogens (tertiary/aromatic N) is 6. The Bertz CT molecular complexity index is 812. The van der Waals surface area contributed by atoms with Crippen molar-refractivity contribution >= 4 is 11.6 Å². The minimum atomic E-state index is -0.0278. The first-order valence-corrected chi connectivity index (χ1v) is 6.22. The van der Waals surface area contributed by atoms with Gasteiger partial charge in [0.05, 0.1) is 5.56 Å². The third-order valence-corrected chi connectivity index (χ3v) is 2.66. The van der Waals surface area contributed by atoms with Crippen LogP contribution in [0, 0.1) is 11.3 Å². The maximum Gasteiger partial charge on any atom is 0.328 e. The van der Waals surface area contributed by atoms with E-state index in [1.807, 2.05) is 6.07 Å².